The summed E-state index contributed by atoms with van der Waals surface area (Å²) in [4.78, 5) is 14.1. The van der Waals surface area contributed by atoms with Crippen molar-refractivity contribution < 1.29 is 9.18 Å². The van der Waals surface area contributed by atoms with E-state index in [1.807, 2.05) is 24.8 Å². The molecule has 1 aliphatic heterocycles. The van der Waals surface area contributed by atoms with E-state index in [9.17, 15) is 9.18 Å². The Hall–Kier alpha value is -1.68. The number of hydrogen-bond donors (Lipinski definition) is 1. The molecule has 0 aromatic heterocycles. The van der Waals surface area contributed by atoms with Crippen LogP contribution in [0.5, 0.6) is 0 Å². The molecule has 3 nitrogen and oxygen atoms in total. The van der Waals surface area contributed by atoms with Gasteiger partial charge in [-0.2, -0.15) is 0 Å². The van der Waals surface area contributed by atoms with Gasteiger partial charge in [-0.3, -0.25) is 4.79 Å². The van der Waals surface area contributed by atoms with E-state index >= 15 is 0 Å². The number of benzene rings is 1. The van der Waals surface area contributed by atoms with Gasteiger partial charge in [-0.05, 0) is 37.1 Å². The molecule has 2 rings (SSSR count). The van der Waals surface area contributed by atoms with E-state index in [-0.39, 0.29) is 17.8 Å². The van der Waals surface area contributed by atoms with Gasteiger partial charge < -0.3 is 10.2 Å². The number of rotatable bonds is 2. The van der Waals surface area contributed by atoms with Crippen LogP contribution in [0, 0.1) is 5.82 Å². The molecule has 0 saturated carbocycles. The maximum absolute atomic E-state index is 13.2. The maximum Gasteiger partial charge on any atom is 0.247 e. The lowest BCUT2D eigenvalue weighted by molar-refractivity contribution is -0.128. The summed E-state index contributed by atoms with van der Waals surface area (Å²) in [5.41, 5.74) is 1.53. The predicted molar refractivity (Wildman–Crippen MR) is 74.1 cm³/mol. The summed E-state index contributed by atoms with van der Waals surface area (Å²) in [5, 5.41) is 3.25. The summed E-state index contributed by atoms with van der Waals surface area (Å²) >= 11 is 0. The highest BCUT2D eigenvalue weighted by molar-refractivity contribution is 5.95. The van der Waals surface area contributed by atoms with Crippen molar-refractivity contribution in [3.8, 4) is 0 Å². The van der Waals surface area contributed by atoms with Gasteiger partial charge in [0.05, 0.1) is 0 Å². The highest BCUT2D eigenvalue weighted by Crippen LogP contribution is 2.16. The lowest BCUT2D eigenvalue weighted by Crippen LogP contribution is -2.51. The molecule has 1 fully saturated rings. The Labute approximate surface area is 113 Å². The second kappa shape index (κ2) is 5.97. The first-order chi connectivity index (χ1) is 9.08. The summed E-state index contributed by atoms with van der Waals surface area (Å²) in [7, 11) is 0. The van der Waals surface area contributed by atoms with Gasteiger partial charge in [0.15, 0.2) is 0 Å². The van der Waals surface area contributed by atoms with Gasteiger partial charge in [0.1, 0.15) is 5.82 Å². The molecule has 1 aromatic carbocycles. The van der Waals surface area contributed by atoms with Gasteiger partial charge in [-0.1, -0.05) is 12.1 Å². The molecule has 1 saturated heterocycles. The van der Waals surface area contributed by atoms with E-state index in [0.29, 0.717) is 6.54 Å². The van der Waals surface area contributed by atoms with Crippen LogP contribution in [0.4, 0.5) is 4.39 Å². The number of halogens is 1. The standard InChI is InChI=1S/C15H19FN2O/c1-11(13-4-3-5-14(16)9-13)8-15(19)18-7-6-17-10-12(18)2/h3-5,8-9,12,17H,6-7,10H2,1-2H3/b11-8+. The second-order valence-corrected chi connectivity index (χ2v) is 4.92. The van der Waals surface area contributed by atoms with Crippen LogP contribution in [0.25, 0.3) is 5.57 Å². The van der Waals surface area contributed by atoms with Gasteiger partial charge in [-0.25, -0.2) is 4.39 Å². The van der Waals surface area contributed by atoms with Gasteiger partial charge in [0, 0.05) is 31.8 Å². The minimum Gasteiger partial charge on any atom is -0.334 e. The van der Waals surface area contributed by atoms with Crippen molar-refractivity contribution in [2.24, 2.45) is 0 Å². The number of allylic oxidation sites excluding steroid dienone is 1. The molecule has 102 valence electrons. The number of carbonyl (C=O) groups excluding carboxylic acids is 1. The summed E-state index contributed by atoms with van der Waals surface area (Å²) in [6, 6.07) is 6.50. The zero-order valence-corrected chi connectivity index (χ0v) is 11.3. The Balaban J connectivity index is 2.13. The Kier molecular flexibility index (Phi) is 4.32. The normalized spacial score (nSPS) is 20.5. The first kappa shape index (κ1) is 13.7. The molecule has 19 heavy (non-hydrogen) atoms. The molecule has 1 amide bonds. The minimum atomic E-state index is -0.284. The number of nitrogens with one attached hydrogen (secondary N) is 1. The minimum absolute atomic E-state index is 0.00392. The fraction of sp³-hybridized carbons (Fsp3) is 0.400. The van der Waals surface area contributed by atoms with Crippen molar-refractivity contribution in [2.75, 3.05) is 19.6 Å². The SMILES string of the molecule is C/C(=C\C(=O)N1CCNCC1C)c1cccc(F)c1. The van der Waals surface area contributed by atoms with Crippen molar-refractivity contribution in [3.05, 3.63) is 41.7 Å². The molecule has 1 aromatic rings. The van der Waals surface area contributed by atoms with Crippen molar-refractivity contribution >= 4 is 11.5 Å². The molecular formula is C15H19FN2O. The number of carbonyl (C=O) groups is 1. The van der Waals surface area contributed by atoms with E-state index in [1.54, 1.807) is 12.1 Å². The zero-order valence-electron chi connectivity index (χ0n) is 11.3. The van der Waals surface area contributed by atoms with Gasteiger partial charge in [0.25, 0.3) is 0 Å². The van der Waals surface area contributed by atoms with E-state index in [1.165, 1.54) is 12.1 Å². The third kappa shape index (κ3) is 3.41. The number of nitrogens with zero attached hydrogens (tertiary/aromatic N) is 1. The molecule has 1 atom stereocenters. The van der Waals surface area contributed by atoms with Crippen LogP contribution in [0.3, 0.4) is 0 Å². The van der Waals surface area contributed by atoms with Crippen molar-refractivity contribution in [2.45, 2.75) is 19.9 Å². The third-order valence-electron chi connectivity index (χ3n) is 3.40. The fourth-order valence-electron chi connectivity index (χ4n) is 2.25. The van der Waals surface area contributed by atoms with E-state index in [0.717, 1.165) is 24.2 Å². The van der Waals surface area contributed by atoms with Crippen molar-refractivity contribution in [1.82, 2.24) is 10.2 Å². The van der Waals surface area contributed by atoms with Crippen LogP contribution in [-0.4, -0.2) is 36.5 Å². The molecule has 0 spiro atoms. The summed E-state index contributed by atoms with van der Waals surface area (Å²) in [6.07, 6.45) is 1.59. The number of amides is 1. The Morgan fingerprint density at radius 3 is 3.00 bits per heavy atom. The smallest absolute Gasteiger partial charge is 0.247 e. The average molecular weight is 262 g/mol. The molecular weight excluding hydrogens is 243 g/mol. The van der Waals surface area contributed by atoms with E-state index < -0.39 is 0 Å². The van der Waals surface area contributed by atoms with Crippen LogP contribution in [0.15, 0.2) is 30.3 Å². The lowest BCUT2D eigenvalue weighted by atomic mass is 10.1. The fourth-order valence-corrected chi connectivity index (χ4v) is 2.25. The molecule has 1 aliphatic rings. The highest BCUT2D eigenvalue weighted by atomic mass is 19.1. The Bertz CT molecular complexity index is 499. The van der Waals surface area contributed by atoms with Gasteiger partial charge in [-0.15, -0.1) is 0 Å². The molecule has 0 radical (unpaired) electrons. The second-order valence-electron chi connectivity index (χ2n) is 4.92. The van der Waals surface area contributed by atoms with Crippen LogP contribution >= 0.6 is 0 Å². The van der Waals surface area contributed by atoms with Crippen LogP contribution in [0.2, 0.25) is 0 Å². The zero-order chi connectivity index (χ0) is 13.8. The van der Waals surface area contributed by atoms with Gasteiger partial charge >= 0.3 is 0 Å². The average Bonchev–Trinajstić information content (AvgIpc) is 2.39. The third-order valence-corrected chi connectivity index (χ3v) is 3.40. The van der Waals surface area contributed by atoms with E-state index in [2.05, 4.69) is 5.32 Å². The molecule has 4 heteroatoms. The summed E-state index contributed by atoms with van der Waals surface area (Å²) < 4.78 is 13.2. The quantitative estimate of drug-likeness (QED) is 0.827. The van der Waals surface area contributed by atoms with Crippen LogP contribution in [-0.2, 0) is 4.79 Å². The monoisotopic (exact) mass is 262 g/mol. The summed E-state index contributed by atoms with van der Waals surface area (Å²) in [5.74, 6) is -0.288. The molecule has 1 heterocycles. The Morgan fingerprint density at radius 2 is 2.32 bits per heavy atom. The largest absolute Gasteiger partial charge is 0.334 e. The first-order valence-corrected chi connectivity index (χ1v) is 6.53. The number of hydrogen-bond acceptors (Lipinski definition) is 2. The first-order valence-electron chi connectivity index (χ1n) is 6.53. The number of piperazine rings is 1. The molecule has 1 N–H and O–H groups in total. The lowest BCUT2D eigenvalue weighted by Gasteiger charge is -2.33. The molecule has 0 aliphatic carbocycles. The molecule has 0 bridgehead atoms. The van der Waals surface area contributed by atoms with Crippen molar-refractivity contribution in [1.29, 1.82) is 0 Å². The highest BCUT2D eigenvalue weighted by Gasteiger charge is 2.21. The molecule has 1 unspecified atom stereocenters. The Morgan fingerprint density at radius 1 is 1.53 bits per heavy atom. The topological polar surface area (TPSA) is 32.3 Å². The van der Waals surface area contributed by atoms with Crippen LogP contribution in [0.1, 0.15) is 19.4 Å². The van der Waals surface area contributed by atoms with Crippen molar-refractivity contribution in [3.63, 3.8) is 0 Å². The predicted octanol–water partition coefficient (Wildman–Crippen LogP) is 2.05. The van der Waals surface area contributed by atoms with E-state index in [4.69, 9.17) is 0 Å². The van der Waals surface area contributed by atoms with Crippen LogP contribution < -0.4 is 5.32 Å². The maximum atomic E-state index is 13.2. The summed E-state index contributed by atoms with van der Waals surface area (Å²) in [6.45, 7) is 6.21. The van der Waals surface area contributed by atoms with Gasteiger partial charge in [0.2, 0.25) is 5.91 Å².